The standard InChI is InChI=1S/C23H24FN5O2/c1-5-18(30)9-16-8-14(2)6-7-19(16)27-22-15(3)12-26-23(29-22)28-20-10-21(31-4)25-13-17(20)11-24/h5-8,10,12-13H,1,9,11H2,2-4H3,(H2,25,26,27,28,29). The lowest BCUT2D eigenvalue weighted by atomic mass is 10.0. The van der Waals surface area contributed by atoms with Crippen molar-refractivity contribution >= 4 is 28.9 Å². The van der Waals surface area contributed by atoms with Crippen molar-refractivity contribution in [2.75, 3.05) is 17.7 Å². The van der Waals surface area contributed by atoms with Crippen LogP contribution in [-0.4, -0.2) is 27.8 Å². The van der Waals surface area contributed by atoms with E-state index in [4.69, 9.17) is 4.74 Å². The molecule has 31 heavy (non-hydrogen) atoms. The van der Waals surface area contributed by atoms with Gasteiger partial charge in [-0.2, -0.15) is 4.98 Å². The maximum absolute atomic E-state index is 13.4. The lowest BCUT2D eigenvalue weighted by Gasteiger charge is -2.15. The van der Waals surface area contributed by atoms with Gasteiger partial charge in [0, 0.05) is 41.7 Å². The second-order valence-electron chi connectivity index (χ2n) is 7.00. The van der Waals surface area contributed by atoms with Crippen molar-refractivity contribution in [3.05, 3.63) is 71.6 Å². The average Bonchev–Trinajstić information content (AvgIpc) is 2.77. The summed E-state index contributed by atoms with van der Waals surface area (Å²) in [7, 11) is 1.49. The molecule has 2 N–H and O–H groups in total. The molecule has 8 heteroatoms. The third-order valence-electron chi connectivity index (χ3n) is 4.64. The number of aromatic nitrogens is 3. The minimum atomic E-state index is -0.694. The molecule has 0 fully saturated rings. The van der Waals surface area contributed by atoms with Gasteiger partial charge >= 0.3 is 0 Å². The molecule has 0 aliphatic rings. The van der Waals surface area contributed by atoms with Crippen LogP contribution in [0, 0.1) is 13.8 Å². The van der Waals surface area contributed by atoms with E-state index >= 15 is 0 Å². The fourth-order valence-electron chi connectivity index (χ4n) is 2.93. The Labute approximate surface area is 180 Å². The van der Waals surface area contributed by atoms with Gasteiger partial charge in [-0.15, -0.1) is 0 Å². The van der Waals surface area contributed by atoms with E-state index in [9.17, 15) is 9.18 Å². The smallest absolute Gasteiger partial charge is 0.229 e. The van der Waals surface area contributed by atoms with Gasteiger partial charge in [-0.3, -0.25) is 4.79 Å². The van der Waals surface area contributed by atoms with Crippen molar-refractivity contribution in [2.45, 2.75) is 26.9 Å². The Balaban J connectivity index is 1.91. The zero-order valence-electron chi connectivity index (χ0n) is 17.7. The minimum absolute atomic E-state index is 0.0687. The summed E-state index contributed by atoms with van der Waals surface area (Å²) in [5, 5.41) is 6.31. The summed E-state index contributed by atoms with van der Waals surface area (Å²) in [6.45, 7) is 6.69. The number of rotatable bonds is 9. The number of hydrogen-bond donors (Lipinski definition) is 2. The highest BCUT2D eigenvalue weighted by Crippen LogP contribution is 2.27. The summed E-state index contributed by atoms with van der Waals surface area (Å²) in [6, 6.07) is 7.40. The first kappa shape index (κ1) is 21.9. The Morgan fingerprint density at radius 2 is 1.94 bits per heavy atom. The Hall–Kier alpha value is -3.81. The number of pyridine rings is 1. The topological polar surface area (TPSA) is 89.0 Å². The van der Waals surface area contributed by atoms with Crippen LogP contribution in [-0.2, 0) is 17.9 Å². The van der Waals surface area contributed by atoms with Gasteiger partial charge in [-0.1, -0.05) is 24.3 Å². The fourth-order valence-corrected chi connectivity index (χ4v) is 2.93. The van der Waals surface area contributed by atoms with E-state index < -0.39 is 6.67 Å². The van der Waals surface area contributed by atoms with Crippen LogP contribution in [0.25, 0.3) is 0 Å². The second kappa shape index (κ2) is 9.80. The average molecular weight is 421 g/mol. The van der Waals surface area contributed by atoms with Crippen LogP contribution < -0.4 is 15.4 Å². The molecule has 2 heterocycles. The largest absolute Gasteiger partial charge is 0.481 e. The van der Waals surface area contributed by atoms with Crippen molar-refractivity contribution in [1.82, 2.24) is 15.0 Å². The first-order valence-electron chi connectivity index (χ1n) is 9.64. The predicted molar refractivity (Wildman–Crippen MR) is 119 cm³/mol. The molecule has 0 bridgehead atoms. The number of benzene rings is 1. The molecule has 3 rings (SSSR count). The van der Waals surface area contributed by atoms with Crippen molar-refractivity contribution in [1.29, 1.82) is 0 Å². The molecule has 0 saturated carbocycles. The Kier molecular flexibility index (Phi) is 6.92. The summed E-state index contributed by atoms with van der Waals surface area (Å²) in [5.41, 5.74) is 4.30. The molecule has 160 valence electrons. The normalized spacial score (nSPS) is 10.5. The van der Waals surface area contributed by atoms with Crippen LogP contribution in [0.5, 0.6) is 5.88 Å². The Bertz CT molecular complexity index is 1120. The predicted octanol–water partition coefficient (Wildman–Crippen LogP) is 4.75. The third kappa shape index (κ3) is 5.42. The number of hydrogen-bond acceptors (Lipinski definition) is 7. The van der Waals surface area contributed by atoms with Crippen molar-refractivity contribution in [3.63, 3.8) is 0 Å². The number of ether oxygens (including phenoxy) is 1. The van der Waals surface area contributed by atoms with Crippen LogP contribution in [0.3, 0.4) is 0 Å². The van der Waals surface area contributed by atoms with E-state index in [1.807, 2.05) is 32.0 Å². The maximum atomic E-state index is 13.4. The summed E-state index contributed by atoms with van der Waals surface area (Å²) in [6.07, 6.45) is 4.62. The van der Waals surface area contributed by atoms with Crippen LogP contribution in [0.4, 0.5) is 27.5 Å². The number of halogens is 1. The zero-order valence-corrected chi connectivity index (χ0v) is 17.7. The van der Waals surface area contributed by atoms with Gasteiger partial charge in [0.2, 0.25) is 11.8 Å². The fraction of sp³-hybridized carbons (Fsp3) is 0.217. The molecule has 0 atom stereocenters. The number of nitrogens with zero attached hydrogens (tertiary/aromatic N) is 3. The van der Waals surface area contributed by atoms with E-state index in [0.717, 1.165) is 22.4 Å². The molecule has 0 unspecified atom stereocenters. The van der Waals surface area contributed by atoms with Crippen LogP contribution in [0.15, 0.2) is 49.3 Å². The molecule has 0 radical (unpaired) electrons. The number of alkyl halides is 1. The number of methoxy groups -OCH3 is 1. The third-order valence-corrected chi connectivity index (χ3v) is 4.64. The molecular weight excluding hydrogens is 397 g/mol. The Morgan fingerprint density at radius 3 is 2.65 bits per heavy atom. The monoisotopic (exact) mass is 421 g/mol. The van der Waals surface area contributed by atoms with Crippen LogP contribution in [0.2, 0.25) is 0 Å². The summed E-state index contributed by atoms with van der Waals surface area (Å²) >= 11 is 0. The molecule has 7 nitrogen and oxygen atoms in total. The van der Waals surface area contributed by atoms with Gasteiger partial charge in [-0.05, 0) is 31.6 Å². The molecule has 0 amide bonds. The Morgan fingerprint density at radius 1 is 1.13 bits per heavy atom. The van der Waals surface area contributed by atoms with E-state index in [0.29, 0.717) is 22.9 Å². The van der Waals surface area contributed by atoms with Gasteiger partial charge in [0.25, 0.3) is 0 Å². The molecule has 0 spiro atoms. The minimum Gasteiger partial charge on any atom is -0.481 e. The van der Waals surface area contributed by atoms with E-state index in [1.165, 1.54) is 19.4 Å². The maximum Gasteiger partial charge on any atom is 0.229 e. The van der Waals surface area contributed by atoms with Crippen molar-refractivity contribution < 1.29 is 13.9 Å². The molecule has 1 aromatic carbocycles. The van der Waals surface area contributed by atoms with E-state index in [1.54, 1.807) is 12.3 Å². The number of carbonyl (C=O) groups is 1. The molecule has 2 aromatic heterocycles. The van der Waals surface area contributed by atoms with Gasteiger partial charge in [0.1, 0.15) is 12.5 Å². The van der Waals surface area contributed by atoms with Crippen LogP contribution >= 0.6 is 0 Å². The first-order chi connectivity index (χ1) is 14.9. The summed E-state index contributed by atoms with van der Waals surface area (Å²) < 4.78 is 18.5. The van der Waals surface area contributed by atoms with Crippen molar-refractivity contribution in [2.24, 2.45) is 0 Å². The highest BCUT2D eigenvalue weighted by Gasteiger charge is 2.12. The van der Waals surface area contributed by atoms with Gasteiger partial charge < -0.3 is 15.4 Å². The molecular formula is C23H24FN5O2. The highest BCUT2D eigenvalue weighted by molar-refractivity contribution is 5.92. The number of carbonyl (C=O) groups excluding carboxylic acids is 1. The number of anilines is 4. The molecule has 0 aliphatic carbocycles. The number of allylic oxidation sites excluding steroid dienone is 1. The van der Waals surface area contributed by atoms with Gasteiger partial charge in [0.05, 0.1) is 12.8 Å². The second-order valence-corrected chi connectivity index (χ2v) is 7.00. The van der Waals surface area contributed by atoms with Gasteiger partial charge in [-0.25, -0.2) is 14.4 Å². The molecule has 3 aromatic rings. The summed E-state index contributed by atoms with van der Waals surface area (Å²) in [5.74, 6) is 1.13. The van der Waals surface area contributed by atoms with E-state index in [-0.39, 0.29) is 18.2 Å². The number of nitrogens with one attached hydrogen (secondary N) is 2. The lowest BCUT2D eigenvalue weighted by molar-refractivity contribution is -0.114. The molecule has 0 aliphatic heterocycles. The summed E-state index contributed by atoms with van der Waals surface area (Å²) in [4.78, 5) is 24.7. The number of ketones is 1. The molecule has 0 saturated heterocycles. The SMILES string of the molecule is C=CC(=O)Cc1cc(C)ccc1Nc1nc(Nc2cc(OC)ncc2CF)ncc1C. The number of aryl methyl sites for hydroxylation is 2. The van der Waals surface area contributed by atoms with Crippen LogP contribution in [0.1, 0.15) is 22.3 Å². The first-order valence-corrected chi connectivity index (χ1v) is 9.64. The highest BCUT2D eigenvalue weighted by atomic mass is 19.1. The zero-order chi connectivity index (χ0) is 22.4. The van der Waals surface area contributed by atoms with Gasteiger partial charge in [0.15, 0.2) is 5.78 Å². The van der Waals surface area contributed by atoms with E-state index in [2.05, 4.69) is 32.2 Å². The van der Waals surface area contributed by atoms with Crippen molar-refractivity contribution in [3.8, 4) is 5.88 Å². The quantitative estimate of drug-likeness (QED) is 0.482. The lowest BCUT2D eigenvalue weighted by Crippen LogP contribution is -2.07.